The molecule has 1 saturated carbocycles. The number of phenols is 1. The van der Waals surface area contributed by atoms with Crippen LogP contribution in [-0.4, -0.2) is 29.1 Å². The van der Waals surface area contributed by atoms with Crippen LogP contribution in [0.5, 0.6) is 5.75 Å². The largest absolute Gasteiger partial charge is 0.508 e. The van der Waals surface area contributed by atoms with Gasteiger partial charge < -0.3 is 5.11 Å². The zero-order valence-corrected chi connectivity index (χ0v) is 14.3. The number of hydrogen-bond acceptors (Lipinski definition) is 2. The lowest BCUT2D eigenvalue weighted by Crippen LogP contribution is -2.52. The van der Waals surface area contributed by atoms with Crippen molar-refractivity contribution in [3.8, 4) is 5.75 Å². The summed E-state index contributed by atoms with van der Waals surface area (Å²) in [5.41, 5.74) is 3.10. The average Bonchev–Trinajstić information content (AvgIpc) is 2.62. The molecule has 126 valence electrons. The van der Waals surface area contributed by atoms with Crippen LogP contribution in [0.1, 0.15) is 43.2 Å². The summed E-state index contributed by atoms with van der Waals surface area (Å²) >= 11 is 0. The maximum atomic E-state index is 9.89. The highest BCUT2D eigenvalue weighted by atomic mass is 16.3. The minimum atomic E-state index is 0.297. The molecule has 1 aliphatic carbocycles. The fraction of sp³-hybridized carbons (Fsp3) is 0.455. The van der Waals surface area contributed by atoms with Crippen molar-refractivity contribution >= 4 is 0 Å². The molecule has 4 rings (SSSR count). The minimum absolute atomic E-state index is 0.297. The topological polar surface area (TPSA) is 23.5 Å². The summed E-state index contributed by atoms with van der Waals surface area (Å²) in [5, 5.41) is 9.89. The summed E-state index contributed by atoms with van der Waals surface area (Å²) in [6.07, 6.45) is 7.54. The van der Waals surface area contributed by atoms with Crippen LogP contribution in [0.25, 0.3) is 0 Å². The number of hydrogen-bond donors (Lipinski definition) is 1. The van der Waals surface area contributed by atoms with Crippen molar-refractivity contribution in [2.45, 2.75) is 50.0 Å². The van der Waals surface area contributed by atoms with Gasteiger partial charge in [-0.05, 0) is 67.3 Å². The molecule has 1 saturated heterocycles. The fourth-order valence-electron chi connectivity index (χ4n) is 4.86. The zero-order chi connectivity index (χ0) is 16.4. The second kappa shape index (κ2) is 6.60. The van der Waals surface area contributed by atoms with Crippen molar-refractivity contribution in [3.05, 3.63) is 65.7 Å². The molecule has 24 heavy (non-hydrogen) atoms. The van der Waals surface area contributed by atoms with Crippen molar-refractivity contribution in [1.29, 1.82) is 0 Å². The van der Waals surface area contributed by atoms with Crippen LogP contribution in [0.4, 0.5) is 0 Å². The van der Waals surface area contributed by atoms with Crippen LogP contribution in [-0.2, 0) is 11.8 Å². The van der Waals surface area contributed by atoms with E-state index in [0.29, 0.717) is 17.2 Å². The molecule has 2 unspecified atom stereocenters. The number of phenolic OH excluding ortho intramolecular Hbond substituents is 1. The van der Waals surface area contributed by atoms with Gasteiger partial charge in [0.05, 0.1) is 0 Å². The molecule has 1 aliphatic heterocycles. The molecule has 2 aromatic rings. The number of piperidine rings is 1. The number of rotatable bonds is 4. The SMILES string of the molecule is Oc1cccc(C23CCCC(C2)N(CCc2ccccc2)CC3)c1. The molecule has 2 nitrogen and oxygen atoms in total. The number of likely N-dealkylation sites (tertiary alicyclic amines) is 1. The second-order valence-electron chi connectivity index (χ2n) is 7.60. The van der Waals surface area contributed by atoms with E-state index in [1.165, 1.54) is 56.3 Å². The normalized spacial score (nSPS) is 27.1. The Morgan fingerprint density at radius 1 is 1.04 bits per heavy atom. The standard InChI is InChI=1S/C22H27NO/c24-21-10-4-8-19(16-21)22-12-5-9-20(17-22)23(15-13-22)14-11-18-6-2-1-3-7-18/h1-4,6-8,10,16,20,24H,5,9,11-15,17H2. The Bertz CT molecular complexity index is 683. The van der Waals surface area contributed by atoms with E-state index in [9.17, 15) is 5.11 Å². The molecular formula is C22H27NO. The monoisotopic (exact) mass is 321 g/mol. The molecule has 0 spiro atoms. The summed E-state index contributed by atoms with van der Waals surface area (Å²) in [4.78, 5) is 2.72. The summed E-state index contributed by atoms with van der Waals surface area (Å²) in [6.45, 7) is 2.36. The first kappa shape index (κ1) is 15.7. The molecule has 2 atom stereocenters. The summed E-state index contributed by atoms with van der Waals surface area (Å²) in [6, 6.07) is 19.6. The van der Waals surface area contributed by atoms with Gasteiger partial charge in [-0.2, -0.15) is 0 Å². The first-order valence-corrected chi connectivity index (χ1v) is 9.33. The van der Waals surface area contributed by atoms with Gasteiger partial charge in [0.15, 0.2) is 0 Å². The number of nitrogens with zero attached hydrogens (tertiary/aromatic N) is 1. The van der Waals surface area contributed by atoms with Crippen LogP contribution in [0, 0.1) is 0 Å². The highest BCUT2D eigenvalue weighted by Gasteiger charge is 2.43. The maximum Gasteiger partial charge on any atom is 0.115 e. The highest BCUT2D eigenvalue weighted by Crippen LogP contribution is 2.47. The predicted octanol–water partition coefficient (Wildman–Crippen LogP) is 4.52. The van der Waals surface area contributed by atoms with E-state index in [2.05, 4.69) is 41.3 Å². The van der Waals surface area contributed by atoms with Crippen LogP contribution in [0.15, 0.2) is 54.6 Å². The Morgan fingerprint density at radius 3 is 2.75 bits per heavy atom. The van der Waals surface area contributed by atoms with Gasteiger partial charge in [0, 0.05) is 12.6 Å². The maximum absolute atomic E-state index is 9.89. The van der Waals surface area contributed by atoms with Gasteiger partial charge in [0.25, 0.3) is 0 Å². The smallest absolute Gasteiger partial charge is 0.115 e. The van der Waals surface area contributed by atoms with Crippen molar-refractivity contribution in [2.75, 3.05) is 13.1 Å². The van der Waals surface area contributed by atoms with Crippen LogP contribution in [0.2, 0.25) is 0 Å². The lowest BCUT2D eigenvalue weighted by molar-refractivity contribution is 0.0524. The van der Waals surface area contributed by atoms with E-state index in [-0.39, 0.29) is 0 Å². The number of aromatic hydroxyl groups is 1. The third kappa shape index (κ3) is 3.08. The van der Waals surface area contributed by atoms with E-state index in [1.54, 1.807) is 6.07 Å². The molecule has 0 radical (unpaired) electrons. The van der Waals surface area contributed by atoms with E-state index in [1.807, 2.05) is 12.1 Å². The molecule has 2 heteroatoms. The van der Waals surface area contributed by atoms with Gasteiger partial charge in [-0.3, -0.25) is 4.90 Å². The Labute approximate surface area is 145 Å². The van der Waals surface area contributed by atoms with E-state index >= 15 is 0 Å². The lowest BCUT2D eigenvalue weighted by atomic mass is 9.63. The number of benzene rings is 2. The van der Waals surface area contributed by atoms with Gasteiger partial charge in [-0.15, -0.1) is 0 Å². The van der Waals surface area contributed by atoms with Gasteiger partial charge in [0.1, 0.15) is 5.75 Å². The van der Waals surface area contributed by atoms with E-state index in [4.69, 9.17) is 0 Å². The molecule has 1 heterocycles. The Kier molecular flexibility index (Phi) is 4.32. The minimum Gasteiger partial charge on any atom is -0.508 e. The first-order chi connectivity index (χ1) is 11.8. The summed E-state index contributed by atoms with van der Waals surface area (Å²) in [5.74, 6) is 0.413. The molecular weight excluding hydrogens is 294 g/mol. The van der Waals surface area contributed by atoms with Crippen molar-refractivity contribution < 1.29 is 5.11 Å². The van der Waals surface area contributed by atoms with Gasteiger partial charge >= 0.3 is 0 Å². The number of fused-ring (bicyclic) bond motifs is 2. The summed E-state index contributed by atoms with van der Waals surface area (Å²) in [7, 11) is 0. The third-order valence-electron chi connectivity index (χ3n) is 6.20. The second-order valence-corrected chi connectivity index (χ2v) is 7.60. The average molecular weight is 321 g/mol. The quantitative estimate of drug-likeness (QED) is 0.895. The van der Waals surface area contributed by atoms with Crippen molar-refractivity contribution in [2.24, 2.45) is 0 Å². The van der Waals surface area contributed by atoms with E-state index < -0.39 is 0 Å². The van der Waals surface area contributed by atoms with Crippen LogP contribution < -0.4 is 0 Å². The Hall–Kier alpha value is -1.80. The molecule has 0 aromatic heterocycles. The van der Waals surface area contributed by atoms with Gasteiger partial charge in [-0.25, -0.2) is 0 Å². The zero-order valence-electron chi connectivity index (χ0n) is 14.3. The fourth-order valence-corrected chi connectivity index (χ4v) is 4.86. The van der Waals surface area contributed by atoms with Gasteiger partial charge in [0.2, 0.25) is 0 Å². The summed E-state index contributed by atoms with van der Waals surface area (Å²) < 4.78 is 0. The Morgan fingerprint density at radius 2 is 1.92 bits per heavy atom. The van der Waals surface area contributed by atoms with E-state index in [0.717, 1.165) is 6.42 Å². The molecule has 2 bridgehead atoms. The van der Waals surface area contributed by atoms with Crippen molar-refractivity contribution in [1.82, 2.24) is 4.90 Å². The molecule has 1 N–H and O–H groups in total. The van der Waals surface area contributed by atoms with Crippen LogP contribution >= 0.6 is 0 Å². The predicted molar refractivity (Wildman–Crippen MR) is 98.4 cm³/mol. The lowest BCUT2D eigenvalue weighted by Gasteiger charge is -2.51. The van der Waals surface area contributed by atoms with Gasteiger partial charge in [-0.1, -0.05) is 48.9 Å². The molecule has 0 amide bonds. The highest BCUT2D eigenvalue weighted by molar-refractivity contribution is 5.34. The molecule has 2 fully saturated rings. The molecule has 2 aliphatic rings. The first-order valence-electron chi connectivity index (χ1n) is 9.33. The van der Waals surface area contributed by atoms with Crippen LogP contribution in [0.3, 0.4) is 0 Å². The molecule has 2 aromatic carbocycles. The Balaban J connectivity index is 1.46. The third-order valence-corrected chi connectivity index (χ3v) is 6.20. The van der Waals surface area contributed by atoms with Crippen molar-refractivity contribution in [3.63, 3.8) is 0 Å².